The molecule has 1 aliphatic rings. The van der Waals surface area contributed by atoms with E-state index in [1.807, 2.05) is 7.11 Å². The molecular formula is C11H23NO. The predicted octanol–water partition coefficient (Wildman–Crippen LogP) is 2.19. The fourth-order valence-electron chi connectivity index (χ4n) is 2.01. The zero-order valence-corrected chi connectivity index (χ0v) is 9.18. The molecule has 0 aromatic carbocycles. The van der Waals surface area contributed by atoms with Crippen LogP contribution in [0.5, 0.6) is 0 Å². The van der Waals surface area contributed by atoms with Crippen molar-refractivity contribution >= 4 is 0 Å². The molecule has 13 heavy (non-hydrogen) atoms. The van der Waals surface area contributed by atoms with Gasteiger partial charge in [0.1, 0.15) is 0 Å². The standard InChI is InChI=1S/C11H23NO/c1-4-5-6-10(12-2)11(13-3)9-7-8-9/h9-12H,4-8H2,1-3H3. The first-order valence-electron chi connectivity index (χ1n) is 5.53. The summed E-state index contributed by atoms with van der Waals surface area (Å²) in [4.78, 5) is 0. The summed E-state index contributed by atoms with van der Waals surface area (Å²) >= 11 is 0. The van der Waals surface area contributed by atoms with Crippen LogP contribution in [-0.4, -0.2) is 26.3 Å². The number of ether oxygens (including phenoxy) is 1. The monoisotopic (exact) mass is 185 g/mol. The summed E-state index contributed by atoms with van der Waals surface area (Å²) in [5.74, 6) is 0.833. The molecule has 0 saturated heterocycles. The van der Waals surface area contributed by atoms with E-state index in [0.717, 1.165) is 5.92 Å². The molecule has 0 bridgehead atoms. The van der Waals surface area contributed by atoms with Crippen LogP contribution in [0, 0.1) is 5.92 Å². The van der Waals surface area contributed by atoms with Crippen LogP contribution in [0.1, 0.15) is 39.0 Å². The number of unbranched alkanes of at least 4 members (excludes halogenated alkanes) is 1. The van der Waals surface area contributed by atoms with Gasteiger partial charge in [0, 0.05) is 13.2 Å². The topological polar surface area (TPSA) is 21.3 Å². The van der Waals surface area contributed by atoms with Gasteiger partial charge in [-0.05, 0) is 32.2 Å². The quantitative estimate of drug-likeness (QED) is 0.656. The van der Waals surface area contributed by atoms with Gasteiger partial charge in [0.05, 0.1) is 6.10 Å². The maximum absolute atomic E-state index is 5.56. The largest absolute Gasteiger partial charge is 0.380 e. The van der Waals surface area contributed by atoms with Gasteiger partial charge in [-0.1, -0.05) is 19.8 Å². The van der Waals surface area contributed by atoms with Crippen LogP contribution in [0.25, 0.3) is 0 Å². The summed E-state index contributed by atoms with van der Waals surface area (Å²) < 4.78 is 5.56. The van der Waals surface area contributed by atoms with Crippen molar-refractivity contribution in [1.82, 2.24) is 5.32 Å². The van der Waals surface area contributed by atoms with Crippen molar-refractivity contribution in [1.29, 1.82) is 0 Å². The van der Waals surface area contributed by atoms with E-state index in [-0.39, 0.29) is 0 Å². The van der Waals surface area contributed by atoms with E-state index in [1.54, 1.807) is 0 Å². The normalized spacial score (nSPS) is 21.5. The second-order valence-electron chi connectivity index (χ2n) is 4.08. The van der Waals surface area contributed by atoms with Gasteiger partial charge in [-0.2, -0.15) is 0 Å². The molecule has 2 unspecified atom stereocenters. The number of nitrogens with one attached hydrogen (secondary N) is 1. The maximum atomic E-state index is 5.56. The van der Waals surface area contributed by atoms with Gasteiger partial charge in [-0.3, -0.25) is 0 Å². The Bertz CT molecular complexity index is 134. The van der Waals surface area contributed by atoms with E-state index in [2.05, 4.69) is 19.3 Å². The Hall–Kier alpha value is -0.0800. The summed E-state index contributed by atoms with van der Waals surface area (Å²) in [5, 5.41) is 3.38. The summed E-state index contributed by atoms with van der Waals surface area (Å²) in [6, 6.07) is 0.567. The zero-order valence-electron chi connectivity index (χ0n) is 9.18. The summed E-state index contributed by atoms with van der Waals surface area (Å²) in [5.41, 5.74) is 0. The van der Waals surface area contributed by atoms with Crippen LogP contribution in [0.3, 0.4) is 0 Å². The predicted molar refractivity (Wildman–Crippen MR) is 55.9 cm³/mol. The fourth-order valence-corrected chi connectivity index (χ4v) is 2.01. The zero-order chi connectivity index (χ0) is 9.68. The van der Waals surface area contributed by atoms with E-state index in [0.29, 0.717) is 12.1 Å². The lowest BCUT2D eigenvalue weighted by molar-refractivity contribution is 0.0501. The van der Waals surface area contributed by atoms with Crippen LogP contribution >= 0.6 is 0 Å². The Balaban J connectivity index is 2.32. The van der Waals surface area contributed by atoms with E-state index in [4.69, 9.17) is 4.74 Å². The molecule has 1 saturated carbocycles. The number of rotatable bonds is 7. The molecule has 1 aliphatic carbocycles. The number of methoxy groups -OCH3 is 1. The molecule has 2 heteroatoms. The van der Waals surface area contributed by atoms with Crippen LogP contribution in [0.4, 0.5) is 0 Å². The van der Waals surface area contributed by atoms with Gasteiger partial charge in [-0.15, -0.1) is 0 Å². The van der Waals surface area contributed by atoms with Crippen LogP contribution in [-0.2, 0) is 4.74 Å². The minimum Gasteiger partial charge on any atom is -0.380 e. The van der Waals surface area contributed by atoms with Gasteiger partial charge in [-0.25, -0.2) is 0 Å². The first-order chi connectivity index (χ1) is 6.33. The average Bonchev–Trinajstić information content (AvgIpc) is 2.95. The van der Waals surface area contributed by atoms with Gasteiger partial charge in [0.25, 0.3) is 0 Å². The second kappa shape index (κ2) is 5.61. The molecule has 1 N–H and O–H groups in total. The van der Waals surface area contributed by atoms with Crippen molar-refractivity contribution in [2.45, 2.75) is 51.2 Å². The molecule has 0 aliphatic heterocycles. The summed E-state index contributed by atoms with van der Waals surface area (Å²) in [7, 11) is 3.90. The molecule has 78 valence electrons. The summed E-state index contributed by atoms with van der Waals surface area (Å²) in [6.45, 7) is 2.24. The molecule has 1 fully saturated rings. The van der Waals surface area contributed by atoms with Crippen LogP contribution in [0.15, 0.2) is 0 Å². The molecular weight excluding hydrogens is 162 g/mol. The number of hydrogen-bond donors (Lipinski definition) is 1. The Kier molecular flexibility index (Phi) is 4.74. The Morgan fingerprint density at radius 2 is 2.15 bits per heavy atom. The first-order valence-corrected chi connectivity index (χ1v) is 5.53. The molecule has 0 aromatic rings. The Morgan fingerprint density at radius 3 is 2.54 bits per heavy atom. The third-order valence-electron chi connectivity index (χ3n) is 2.99. The Morgan fingerprint density at radius 1 is 1.46 bits per heavy atom. The molecule has 2 nitrogen and oxygen atoms in total. The molecule has 2 atom stereocenters. The van der Waals surface area contributed by atoms with Crippen molar-refractivity contribution in [2.24, 2.45) is 5.92 Å². The van der Waals surface area contributed by atoms with Gasteiger partial charge in [0.2, 0.25) is 0 Å². The Labute approximate surface area is 82.0 Å². The third-order valence-corrected chi connectivity index (χ3v) is 2.99. The lowest BCUT2D eigenvalue weighted by Crippen LogP contribution is -2.40. The van der Waals surface area contributed by atoms with E-state index in [9.17, 15) is 0 Å². The average molecular weight is 185 g/mol. The van der Waals surface area contributed by atoms with E-state index < -0.39 is 0 Å². The lowest BCUT2D eigenvalue weighted by atomic mass is 10.0. The molecule has 0 heterocycles. The molecule has 0 radical (unpaired) electrons. The van der Waals surface area contributed by atoms with Gasteiger partial charge < -0.3 is 10.1 Å². The third kappa shape index (κ3) is 3.28. The smallest absolute Gasteiger partial charge is 0.0752 e. The van der Waals surface area contributed by atoms with E-state index in [1.165, 1.54) is 32.1 Å². The van der Waals surface area contributed by atoms with Crippen molar-refractivity contribution in [2.75, 3.05) is 14.2 Å². The van der Waals surface area contributed by atoms with Crippen LogP contribution < -0.4 is 5.32 Å². The highest BCUT2D eigenvalue weighted by Gasteiger charge is 2.35. The minimum atomic E-state index is 0.455. The van der Waals surface area contributed by atoms with Gasteiger partial charge >= 0.3 is 0 Å². The number of hydrogen-bond acceptors (Lipinski definition) is 2. The first kappa shape index (κ1) is 11.0. The summed E-state index contributed by atoms with van der Waals surface area (Å²) in [6.07, 6.45) is 7.02. The van der Waals surface area contributed by atoms with Crippen LogP contribution in [0.2, 0.25) is 0 Å². The van der Waals surface area contributed by atoms with Gasteiger partial charge in [0.15, 0.2) is 0 Å². The van der Waals surface area contributed by atoms with Crippen molar-refractivity contribution in [3.63, 3.8) is 0 Å². The van der Waals surface area contributed by atoms with E-state index >= 15 is 0 Å². The van der Waals surface area contributed by atoms with Crippen molar-refractivity contribution < 1.29 is 4.74 Å². The highest BCUT2D eigenvalue weighted by Crippen LogP contribution is 2.36. The number of likely N-dealkylation sites (N-methyl/N-ethyl adjacent to an activating group) is 1. The molecule has 1 rings (SSSR count). The molecule has 0 spiro atoms. The molecule has 0 aromatic heterocycles. The highest BCUT2D eigenvalue weighted by atomic mass is 16.5. The van der Waals surface area contributed by atoms with Crippen molar-refractivity contribution in [3.05, 3.63) is 0 Å². The van der Waals surface area contributed by atoms with Crippen molar-refractivity contribution in [3.8, 4) is 0 Å². The maximum Gasteiger partial charge on any atom is 0.0752 e. The lowest BCUT2D eigenvalue weighted by Gasteiger charge is -2.25. The second-order valence-corrected chi connectivity index (χ2v) is 4.08. The highest BCUT2D eigenvalue weighted by molar-refractivity contribution is 4.89. The molecule has 0 amide bonds. The SMILES string of the molecule is CCCCC(NC)C(OC)C1CC1. The minimum absolute atomic E-state index is 0.455. The fraction of sp³-hybridized carbons (Fsp3) is 1.00.